The molecule has 0 saturated carbocycles. The molecule has 0 aliphatic heterocycles. The van der Waals surface area contributed by atoms with Crippen LogP contribution >= 0.6 is 0 Å². The highest BCUT2D eigenvalue weighted by atomic mass is 16.4. The summed E-state index contributed by atoms with van der Waals surface area (Å²) in [5, 5.41) is 59.2. The van der Waals surface area contributed by atoms with Crippen molar-refractivity contribution in [3.05, 3.63) is 187 Å². The summed E-state index contributed by atoms with van der Waals surface area (Å²) in [6.07, 6.45) is 0.885. The zero-order chi connectivity index (χ0) is 40.6. The Morgan fingerprint density at radius 1 is 0.233 bits per heavy atom. The van der Waals surface area contributed by atoms with Crippen LogP contribution in [0, 0.1) is 0 Å². The zero-order valence-corrected chi connectivity index (χ0v) is 32.2. The van der Waals surface area contributed by atoms with Crippen molar-refractivity contribution >= 4 is 32.3 Å². The van der Waals surface area contributed by atoms with Crippen molar-refractivity contribution in [1.29, 1.82) is 0 Å². The Balaban J connectivity index is 1.17. The second-order valence-electron chi connectivity index (χ2n) is 15.5. The van der Waals surface area contributed by atoms with Crippen LogP contribution in [0.5, 0.6) is 28.7 Å². The van der Waals surface area contributed by atoms with Crippen molar-refractivity contribution < 1.29 is 25.5 Å². The lowest BCUT2D eigenvalue weighted by Crippen LogP contribution is -1.95. The maximum atomic E-state index is 11.2. The lowest BCUT2D eigenvalue weighted by molar-refractivity contribution is 0.330. The topological polar surface area (TPSA) is 101 Å². The highest BCUT2D eigenvalue weighted by Gasteiger charge is 2.29. The van der Waals surface area contributed by atoms with Crippen LogP contribution in [-0.4, -0.2) is 25.5 Å². The Morgan fingerprint density at radius 2 is 0.683 bits per heavy atom. The van der Waals surface area contributed by atoms with Gasteiger partial charge in [0, 0.05) is 5.56 Å². The molecule has 0 atom stereocenters. The second kappa shape index (κ2) is 13.5. The molecule has 1 aliphatic carbocycles. The summed E-state index contributed by atoms with van der Waals surface area (Å²) in [5.74, 6) is -4.29. The van der Waals surface area contributed by atoms with Gasteiger partial charge in [0.2, 0.25) is 17.2 Å². The number of aromatic hydroxyl groups is 5. The molecule has 0 amide bonds. The fourth-order valence-electron chi connectivity index (χ4n) is 9.57. The van der Waals surface area contributed by atoms with Gasteiger partial charge in [0.15, 0.2) is 11.5 Å². The van der Waals surface area contributed by atoms with E-state index in [2.05, 4.69) is 121 Å². The van der Waals surface area contributed by atoms with E-state index in [0.717, 1.165) is 55.8 Å². The molecule has 10 aromatic rings. The molecule has 11 rings (SSSR count). The monoisotopic (exact) mass is 776 g/mol. The van der Waals surface area contributed by atoms with Gasteiger partial charge in [-0.15, -0.1) is 0 Å². The normalized spacial score (nSPS) is 11.9. The van der Waals surface area contributed by atoms with E-state index in [0.29, 0.717) is 16.3 Å². The molecule has 0 radical (unpaired) electrons. The quantitative estimate of drug-likeness (QED) is 0.0681. The molecule has 1 aliphatic rings. The number of benzene rings is 10. The third kappa shape index (κ3) is 5.19. The van der Waals surface area contributed by atoms with E-state index in [1.165, 1.54) is 38.9 Å². The Bertz CT molecular complexity index is 3300. The first-order valence-electron chi connectivity index (χ1n) is 19.9. The summed E-state index contributed by atoms with van der Waals surface area (Å²) >= 11 is 0. The first-order valence-corrected chi connectivity index (χ1v) is 19.9. The van der Waals surface area contributed by atoms with Crippen molar-refractivity contribution in [3.8, 4) is 95.5 Å². The third-order valence-corrected chi connectivity index (χ3v) is 12.3. The maximum absolute atomic E-state index is 11.2. The standard InChI is InChI=1S/C55H36O5/c56-51-50(52(57)54(59)55(60)53(51)58)49-42-20-10-8-18-40(42)48(41-19-9-11-21-43(41)49)45-29-28-39(37-16-6-7-17-38(37)45)44-27-26-35-30-34-14-4-5-15-36(34)47(35)46(44)33-24-22-32(23-25-33)31-12-2-1-3-13-31/h1-29,56-60H,30H2. The van der Waals surface area contributed by atoms with Gasteiger partial charge in [0.1, 0.15) is 0 Å². The van der Waals surface area contributed by atoms with E-state index < -0.39 is 28.7 Å². The minimum atomic E-state index is -0.995. The van der Waals surface area contributed by atoms with Gasteiger partial charge in [-0.25, -0.2) is 0 Å². The lowest BCUT2D eigenvalue weighted by atomic mass is 9.82. The molecule has 0 bridgehead atoms. The molecule has 0 fully saturated rings. The van der Waals surface area contributed by atoms with Crippen LogP contribution in [0.25, 0.3) is 99.1 Å². The molecule has 5 nitrogen and oxygen atoms in total. The van der Waals surface area contributed by atoms with Crippen molar-refractivity contribution in [2.75, 3.05) is 0 Å². The number of hydrogen-bond donors (Lipinski definition) is 5. The fraction of sp³-hybridized carbons (Fsp3) is 0.0182. The Labute approximate surface area is 345 Å². The molecule has 286 valence electrons. The van der Waals surface area contributed by atoms with Gasteiger partial charge in [0.05, 0.1) is 5.56 Å². The van der Waals surface area contributed by atoms with Gasteiger partial charge in [-0.1, -0.05) is 176 Å². The minimum Gasteiger partial charge on any atom is -0.504 e. The van der Waals surface area contributed by atoms with Crippen molar-refractivity contribution in [1.82, 2.24) is 0 Å². The predicted molar refractivity (Wildman–Crippen MR) is 243 cm³/mol. The minimum absolute atomic E-state index is 0.176. The van der Waals surface area contributed by atoms with Crippen molar-refractivity contribution in [2.45, 2.75) is 6.42 Å². The molecule has 5 heteroatoms. The smallest absolute Gasteiger partial charge is 0.208 e. The summed E-state index contributed by atoms with van der Waals surface area (Å²) in [4.78, 5) is 0. The highest BCUT2D eigenvalue weighted by molar-refractivity contribution is 6.25. The van der Waals surface area contributed by atoms with Crippen LogP contribution < -0.4 is 0 Å². The summed E-state index contributed by atoms with van der Waals surface area (Å²) in [5.41, 5.74) is 14.3. The first kappa shape index (κ1) is 35.2. The molecule has 0 saturated heterocycles. The van der Waals surface area contributed by atoms with Gasteiger partial charge < -0.3 is 25.5 Å². The fourth-order valence-corrected chi connectivity index (χ4v) is 9.57. The molecule has 0 heterocycles. The molecule has 0 spiro atoms. The average molecular weight is 777 g/mol. The van der Waals surface area contributed by atoms with Gasteiger partial charge in [0.25, 0.3) is 0 Å². The van der Waals surface area contributed by atoms with E-state index in [9.17, 15) is 25.5 Å². The van der Waals surface area contributed by atoms with Crippen LogP contribution in [-0.2, 0) is 6.42 Å². The number of hydrogen-bond acceptors (Lipinski definition) is 5. The predicted octanol–water partition coefficient (Wildman–Crippen LogP) is 13.6. The molecule has 0 aromatic heterocycles. The van der Waals surface area contributed by atoms with Crippen LogP contribution in [0.15, 0.2) is 176 Å². The van der Waals surface area contributed by atoms with Crippen LogP contribution in [0.3, 0.4) is 0 Å². The Kier molecular flexibility index (Phi) is 7.94. The van der Waals surface area contributed by atoms with E-state index in [1.54, 1.807) is 0 Å². The molecule has 10 aromatic carbocycles. The largest absolute Gasteiger partial charge is 0.504 e. The van der Waals surface area contributed by atoms with Gasteiger partial charge in [-0.3, -0.25) is 0 Å². The second-order valence-corrected chi connectivity index (χ2v) is 15.5. The van der Waals surface area contributed by atoms with Crippen LogP contribution in [0.4, 0.5) is 0 Å². The van der Waals surface area contributed by atoms with Gasteiger partial charge in [-0.2, -0.15) is 0 Å². The lowest BCUT2D eigenvalue weighted by Gasteiger charge is -2.22. The van der Waals surface area contributed by atoms with E-state index in [-0.39, 0.29) is 5.56 Å². The third-order valence-electron chi connectivity index (χ3n) is 12.3. The molecular formula is C55H36O5. The summed E-state index contributed by atoms with van der Waals surface area (Å²) in [6.45, 7) is 0. The molecule has 5 N–H and O–H groups in total. The number of phenols is 5. The number of fused-ring (bicyclic) bond motifs is 6. The number of phenolic OH excluding ortho intramolecular Hbond substituents is 5. The van der Waals surface area contributed by atoms with Crippen molar-refractivity contribution in [2.24, 2.45) is 0 Å². The molecule has 60 heavy (non-hydrogen) atoms. The molecular weight excluding hydrogens is 741 g/mol. The van der Waals surface area contributed by atoms with Crippen LogP contribution in [0.1, 0.15) is 11.1 Å². The van der Waals surface area contributed by atoms with E-state index in [1.807, 2.05) is 54.6 Å². The van der Waals surface area contributed by atoms with E-state index in [4.69, 9.17) is 0 Å². The van der Waals surface area contributed by atoms with Crippen LogP contribution in [0.2, 0.25) is 0 Å². The first-order chi connectivity index (χ1) is 29.4. The van der Waals surface area contributed by atoms with Gasteiger partial charge >= 0.3 is 0 Å². The maximum Gasteiger partial charge on any atom is 0.208 e. The highest BCUT2D eigenvalue weighted by Crippen LogP contribution is 2.58. The zero-order valence-electron chi connectivity index (χ0n) is 32.2. The van der Waals surface area contributed by atoms with E-state index >= 15 is 0 Å². The Hall–Kier alpha value is -8.02. The summed E-state index contributed by atoms with van der Waals surface area (Å²) in [7, 11) is 0. The SMILES string of the molecule is Oc1c(O)c(O)c(-c2c3ccccc3c(-c3ccc(-c4ccc5c(c4-c4ccc(-c6ccccc6)cc4)-c4ccccc4C5)c4ccccc34)c3ccccc23)c(O)c1O. The summed E-state index contributed by atoms with van der Waals surface area (Å²) in [6, 6.07) is 61.1. The molecule has 0 unspecified atom stereocenters. The average Bonchev–Trinajstić information content (AvgIpc) is 3.69. The van der Waals surface area contributed by atoms with Crippen molar-refractivity contribution in [3.63, 3.8) is 0 Å². The summed E-state index contributed by atoms with van der Waals surface area (Å²) < 4.78 is 0. The Morgan fingerprint density at radius 3 is 1.32 bits per heavy atom. The van der Waals surface area contributed by atoms with Gasteiger partial charge in [-0.05, 0) is 105 Å². The number of rotatable bonds is 5.